The molecular weight excluding hydrogens is 422 g/mol. The average molecular weight is 460 g/mol. The van der Waals surface area contributed by atoms with Gasteiger partial charge in [-0.2, -0.15) is 0 Å². The molecule has 1 fully saturated rings. The van der Waals surface area contributed by atoms with Crippen LogP contribution in [0.2, 0.25) is 5.02 Å². The molecule has 1 saturated heterocycles. The van der Waals surface area contributed by atoms with Crippen LogP contribution in [0.4, 0.5) is 0 Å². The van der Waals surface area contributed by atoms with Crippen molar-refractivity contribution >= 4 is 11.6 Å². The standard InChI is InChI=1S/C27H38ClNO3/c1-27(2)19-23(13-16-32-27)21(18-22-7-5-6-8-24(22)28)12-15-29-14-11-20-9-10-25(30-3)26(17-20)31-4/h5-10,17,21,23,29H,11-16,18-19H2,1-4H3/t21-,23-/m1/s1. The maximum Gasteiger partial charge on any atom is 0.160 e. The first-order valence-electron chi connectivity index (χ1n) is 11.7. The lowest BCUT2D eigenvalue weighted by atomic mass is 9.75. The summed E-state index contributed by atoms with van der Waals surface area (Å²) in [7, 11) is 3.34. The first kappa shape index (κ1) is 24.9. The van der Waals surface area contributed by atoms with Crippen molar-refractivity contribution in [2.45, 2.75) is 51.6 Å². The minimum Gasteiger partial charge on any atom is -0.493 e. The van der Waals surface area contributed by atoms with Crippen molar-refractivity contribution in [3.8, 4) is 11.5 Å². The maximum absolute atomic E-state index is 6.50. The molecule has 1 N–H and O–H groups in total. The SMILES string of the molecule is COc1ccc(CCNCC[C@H](Cc2ccccc2Cl)[C@@H]2CCOC(C)(C)C2)cc1OC. The van der Waals surface area contributed by atoms with Crippen LogP contribution < -0.4 is 14.8 Å². The summed E-state index contributed by atoms with van der Waals surface area (Å²) in [6.45, 7) is 7.22. The van der Waals surface area contributed by atoms with Gasteiger partial charge in [0.05, 0.1) is 19.8 Å². The highest BCUT2D eigenvalue weighted by molar-refractivity contribution is 6.31. The Morgan fingerprint density at radius 3 is 2.59 bits per heavy atom. The lowest BCUT2D eigenvalue weighted by Crippen LogP contribution is -2.38. The molecule has 1 aliphatic rings. The zero-order valence-corrected chi connectivity index (χ0v) is 20.7. The molecule has 2 aromatic rings. The number of nitrogens with one attached hydrogen (secondary N) is 1. The van der Waals surface area contributed by atoms with E-state index < -0.39 is 0 Å². The predicted octanol–water partition coefficient (Wildman–Crippen LogP) is 5.94. The zero-order valence-electron chi connectivity index (χ0n) is 20.0. The van der Waals surface area contributed by atoms with Crippen LogP contribution in [-0.4, -0.2) is 39.5 Å². The van der Waals surface area contributed by atoms with E-state index in [0.29, 0.717) is 11.8 Å². The highest BCUT2D eigenvalue weighted by Gasteiger charge is 2.33. The quantitative estimate of drug-likeness (QED) is 0.422. The van der Waals surface area contributed by atoms with Gasteiger partial charge in [0.2, 0.25) is 0 Å². The van der Waals surface area contributed by atoms with E-state index in [1.54, 1.807) is 14.2 Å². The number of hydrogen-bond acceptors (Lipinski definition) is 4. The number of hydrogen-bond donors (Lipinski definition) is 1. The smallest absolute Gasteiger partial charge is 0.160 e. The third kappa shape index (κ3) is 7.13. The monoisotopic (exact) mass is 459 g/mol. The van der Waals surface area contributed by atoms with Crippen molar-refractivity contribution in [3.63, 3.8) is 0 Å². The molecule has 0 spiro atoms. The second-order valence-corrected chi connectivity index (χ2v) is 9.80. The van der Waals surface area contributed by atoms with E-state index in [0.717, 1.165) is 68.3 Å². The first-order chi connectivity index (χ1) is 15.4. The fraction of sp³-hybridized carbons (Fsp3) is 0.556. The van der Waals surface area contributed by atoms with Crippen molar-refractivity contribution in [1.82, 2.24) is 5.32 Å². The highest BCUT2D eigenvalue weighted by atomic mass is 35.5. The summed E-state index contributed by atoms with van der Waals surface area (Å²) in [5, 5.41) is 4.53. The molecule has 0 unspecified atom stereocenters. The molecule has 0 radical (unpaired) electrons. The summed E-state index contributed by atoms with van der Waals surface area (Å²) in [6, 6.07) is 14.4. The van der Waals surface area contributed by atoms with Gasteiger partial charge in [0.25, 0.3) is 0 Å². The molecule has 1 aliphatic heterocycles. The first-order valence-corrected chi connectivity index (χ1v) is 12.1. The van der Waals surface area contributed by atoms with Gasteiger partial charge in [0.15, 0.2) is 11.5 Å². The van der Waals surface area contributed by atoms with Crippen LogP contribution in [0.1, 0.15) is 44.2 Å². The minimum atomic E-state index is -0.0392. The fourth-order valence-corrected chi connectivity index (χ4v) is 5.03. The van der Waals surface area contributed by atoms with Gasteiger partial charge in [0.1, 0.15) is 0 Å². The Hall–Kier alpha value is -1.75. The van der Waals surface area contributed by atoms with Crippen LogP contribution in [0.15, 0.2) is 42.5 Å². The molecule has 176 valence electrons. The number of rotatable bonds is 11. The molecule has 4 nitrogen and oxygen atoms in total. The summed E-state index contributed by atoms with van der Waals surface area (Å²) in [5.41, 5.74) is 2.46. The maximum atomic E-state index is 6.50. The molecule has 0 saturated carbocycles. The topological polar surface area (TPSA) is 39.7 Å². The predicted molar refractivity (Wildman–Crippen MR) is 132 cm³/mol. The van der Waals surface area contributed by atoms with Gasteiger partial charge in [-0.1, -0.05) is 35.9 Å². The Bertz CT molecular complexity index is 855. The Labute approximate surface area is 198 Å². The van der Waals surface area contributed by atoms with Crippen LogP contribution in [-0.2, 0) is 17.6 Å². The molecule has 2 atom stereocenters. The average Bonchev–Trinajstić information content (AvgIpc) is 2.78. The lowest BCUT2D eigenvalue weighted by molar-refractivity contribution is -0.0830. The van der Waals surface area contributed by atoms with Crippen LogP contribution in [0.5, 0.6) is 11.5 Å². The van der Waals surface area contributed by atoms with Gasteiger partial charge >= 0.3 is 0 Å². The van der Waals surface area contributed by atoms with E-state index in [1.807, 2.05) is 18.2 Å². The normalized spacial score (nSPS) is 18.8. The van der Waals surface area contributed by atoms with Gasteiger partial charge in [-0.25, -0.2) is 0 Å². The van der Waals surface area contributed by atoms with Crippen molar-refractivity contribution in [2.24, 2.45) is 11.8 Å². The Morgan fingerprint density at radius 2 is 1.88 bits per heavy atom. The van der Waals surface area contributed by atoms with Crippen molar-refractivity contribution in [1.29, 1.82) is 0 Å². The van der Waals surface area contributed by atoms with Crippen molar-refractivity contribution in [2.75, 3.05) is 33.9 Å². The fourth-order valence-electron chi connectivity index (χ4n) is 4.81. The van der Waals surface area contributed by atoms with E-state index >= 15 is 0 Å². The summed E-state index contributed by atoms with van der Waals surface area (Å²) in [5.74, 6) is 2.80. The second-order valence-electron chi connectivity index (χ2n) is 9.39. The molecule has 2 aromatic carbocycles. The van der Waals surface area contributed by atoms with Crippen LogP contribution in [0.25, 0.3) is 0 Å². The molecule has 1 heterocycles. The van der Waals surface area contributed by atoms with Crippen molar-refractivity contribution in [3.05, 3.63) is 58.6 Å². The zero-order chi connectivity index (χ0) is 23.0. The second kappa shape index (κ2) is 11.9. The van der Waals surface area contributed by atoms with Gasteiger partial charge in [-0.05, 0) is 100 Å². The molecule has 32 heavy (non-hydrogen) atoms. The summed E-state index contributed by atoms with van der Waals surface area (Å²) in [4.78, 5) is 0. The third-order valence-corrected chi connectivity index (χ3v) is 6.94. The summed E-state index contributed by atoms with van der Waals surface area (Å²) < 4.78 is 16.7. The Morgan fingerprint density at radius 1 is 1.09 bits per heavy atom. The van der Waals surface area contributed by atoms with Gasteiger partial charge < -0.3 is 19.5 Å². The van der Waals surface area contributed by atoms with E-state index in [2.05, 4.69) is 43.4 Å². The van der Waals surface area contributed by atoms with E-state index in [1.165, 1.54) is 11.1 Å². The molecule has 0 aromatic heterocycles. The molecular formula is C27H38ClNO3. The Kier molecular flexibility index (Phi) is 9.27. The molecule has 0 aliphatic carbocycles. The van der Waals surface area contributed by atoms with Crippen LogP contribution in [0.3, 0.4) is 0 Å². The molecule has 5 heteroatoms. The third-order valence-electron chi connectivity index (χ3n) is 6.57. The van der Waals surface area contributed by atoms with E-state index in [4.69, 9.17) is 25.8 Å². The van der Waals surface area contributed by atoms with Crippen LogP contribution in [0, 0.1) is 11.8 Å². The molecule has 3 rings (SSSR count). The van der Waals surface area contributed by atoms with Gasteiger partial charge in [0, 0.05) is 11.6 Å². The largest absolute Gasteiger partial charge is 0.493 e. The summed E-state index contributed by atoms with van der Waals surface area (Å²) >= 11 is 6.50. The molecule has 0 amide bonds. The van der Waals surface area contributed by atoms with Crippen molar-refractivity contribution < 1.29 is 14.2 Å². The van der Waals surface area contributed by atoms with E-state index in [9.17, 15) is 0 Å². The highest BCUT2D eigenvalue weighted by Crippen LogP contribution is 2.37. The number of benzene rings is 2. The van der Waals surface area contributed by atoms with Gasteiger partial charge in [-0.3, -0.25) is 0 Å². The molecule has 0 bridgehead atoms. The minimum absolute atomic E-state index is 0.0392. The van der Waals surface area contributed by atoms with Gasteiger partial charge in [-0.15, -0.1) is 0 Å². The summed E-state index contributed by atoms with van der Waals surface area (Å²) in [6.07, 6.45) is 5.35. The number of ether oxygens (including phenoxy) is 3. The number of methoxy groups -OCH3 is 2. The van der Waals surface area contributed by atoms with E-state index in [-0.39, 0.29) is 5.60 Å². The van der Waals surface area contributed by atoms with Crippen LogP contribution >= 0.6 is 11.6 Å². The Balaban J connectivity index is 1.55. The number of halogens is 1. The lowest BCUT2D eigenvalue weighted by Gasteiger charge is -2.39.